The van der Waals surface area contributed by atoms with Gasteiger partial charge in [-0.05, 0) is 101 Å². The van der Waals surface area contributed by atoms with E-state index in [1.165, 1.54) is 47.6 Å². The van der Waals surface area contributed by atoms with Crippen molar-refractivity contribution >= 4 is 12.0 Å². The summed E-state index contributed by atoms with van der Waals surface area (Å²) in [6.45, 7) is 21.4. The zero-order valence-electron chi connectivity index (χ0n) is 26.1. The molecule has 1 atom stereocenters. The Bertz CT molecular complexity index is 1230. The maximum absolute atomic E-state index is 12.4. The van der Waals surface area contributed by atoms with Crippen LogP contribution < -0.4 is 4.74 Å². The lowest BCUT2D eigenvalue weighted by Gasteiger charge is -2.32. The average molecular weight is 539 g/mol. The largest absolute Gasteiger partial charge is 0.423 e. The van der Waals surface area contributed by atoms with E-state index in [-0.39, 0.29) is 16.8 Å². The van der Waals surface area contributed by atoms with Gasteiger partial charge in [-0.2, -0.15) is 0 Å². The van der Waals surface area contributed by atoms with E-state index in [2.05, 4.69) is 91.5 Å². The van der Waals surface area contributed by atoms with Gasteiger partial charge in [0.1, 0.15) is 5.75 Å². The molecule has 0 spiro atoms. The molecule has 2 rings (SSSR count). The molecule has 1 aliphatic rings. The predicted octanol–water partition coefficient (Wildman–Crippen LogP) is 11.1. The van der Waals surface area contributed by atoms with E-state index in [1.807, 2.05) is 49.4 Å². The number of allylic oxidation sites excluding steroid dienone is 13. The van der Waals surface area contributed by atoms with Crippen LogP contribution in [-0.2, 0) is 4.79 Å². The Morgan fingerprint density at radius 1 is 1.05 bits per heavy atom. The molecule has 1 aromatic carbocycles. The Morgan fingerprint density at radius 3 is 2.38 bits per heavy atom. The zero-order valence-corrected chi connectivity index (χ0v) is 26.1. The summed E-state index contributed by atoms with van der Waals surface area (Å²) >= 11 is 0. The SMILES string of the molecule is C=C[C@@](C)(/C=C/c1ccc(OC(=O)\C=C(C)/C=C/C=C(C)/C=C\C2=C(C)CCCC2(C)C)cc1)CCC=C(C)C. The van der Waals surface area contributed by atoms with Crippen LogP contribution in [0.25, 0.3) is 6.08 Å². The number of carbonyl (C=O) groups excluding carboxylic acids is 1. The van der Waals surface area contributed by atoms with Crippen molar-refractivity contribution in [3.63, 3.8) is 0 Å². The first-order valence-electron chi connectivity index (χ1n) is 14.5. The quantitative estimate of drug-likeness (QED) is 0.0869. The van der Waals surface area contributed by atoms with Crippen molar-refractivity contribution in [2.45, 2.75) is 87.5 Å². The normalized spacial score (nSPS) is 17.9. The van der Waals surface area contributed by atoms with Gasteiger partial charge >= 0.3 is 5.97 Å². The second-order valence-corrected chi connectivity index (χ2v) is 12.3. The molecular formula is C38H50O2. The van der Waals surface area contributed by atoms with Crippen molar-refractivity contribution in [3.8, 4) is 5.75 Å². The number of hydrogen-bond donors (Lipinski definition) is 0. The molecule has 0 radical (unpaired) electrons. The van der Waals surface area contributed by atoms with Crippen molar-refractivity contribution in [3.05, 3.63) is 119 Å². The van der Waals surface area contributed by atoms with Gasteiger partial charge in [0.25, 0.3) is 0 Å². The highest BCUT2D eigenvalue weighted by Gasteiger charge is 2.26. The molecule has 1 aliphatic carbocycles. The first-order chi connectivity index (χ1) is 18.8. The van der Waals surface area contributed by atoms with Gasteiger partial charge in [-0.15, -0.1) is 6.58 Å². The molecule has 0 N–H and O–H groups in total. The summed E-state index contributed by atoms with van der Waals surface area (Å²) in [5, 5.41) is 0. The molecule has 0 aliphatic heterocycles. The van der Waals surface area contributed by atoms with Crippen LogP contribution in [0.2, 0.25) is 0 Å². The third-order valence-corrected chi connectivity index (χ3v) is 7.58. The van der Waals surface area contributed by atoms with Gasteiger partial charge in [0.15, 0.2) is 0 Å². The molecule has 2 nitrogen and oxygen atoms in total. The lowest BCUT2D eigenvalue weighted by molar-refractivity contribution is -0.129. The van der Waals surface area contributed by atoms with E-state index in [9.17, 15) is 4.79 Å². The number of esters is 1. The molecule has 0 aromatic heterocycles. The molecule has 0 fully saturated rings. The molecular weight excluding hydrogens is 488 g/mol. The molecule has 40 heavy (non-hydrogen) atoms. The fraction of sp³-hybridized carbons (Fsp3) is 0.395. The lowest BCUT2D eigenvalue weighted by atomic mass is 9.72. The van der Waals surface area contributed by atoms with Crippen LogP contribution in [0, 0.1) is 10.8 Å². The van der Waals surface area contributed by atoms with Gasteiger partial charge in [-0.1, -0.05) is 104 Å². The minimum Gasteiger partial charge on any atom is -0.423 e. The van der Waals surface area contributed by atoms with E-state index >= 15 is 0 Å². The van der Waals surface area contributed by atoms with Gasteiger partial charge in [0.2, 0.25) is 0 Å². The average Bonchev–Trinajstić information content (AvgIpc) is 2.87. The van der Waals surface area contributed by atoms with Crippen LogP contribution >= 0.6 is 0 Å². The summed E-state index contributed by atoms with van der Waals surface area (Å²) < 4.78 is 5.52. The van der Waals surface area contributed by atoms with Crippen LogP contribution in [0.5, 0.6) is 5.75 Å². The lowest BCUT2D eigenvalue weighted by Crippen LogP contribution is -2.19. The number of ether oxygens (including phenoxy) is 1. The first kappa shape index (κ1) is 32.8. The molecule has 214 valence electrons. The van der Waals surface area contributed by atoms with Crippen LogP contribution in [-0.4, -0.2) is 5.97 Å². The van der Waals surface area contributed by atoms with Crippen molar-refractivity contribution in [1.82, 2.24) is 0 Å². The van der Waals surface area contributed by atoms with Crippen molar-refractivity contribution in [2.75, 3.05) is 0 Å². The Hall–Kier alpha value is -3.39. The fourth-order valence-corrected chi connectivity index (χ4v) is 4.87. The van der Waals surface area contributed by atoms with E-state index in [0.717, 1.165) is 24.0 Å². The molecule has 2 heteroatoms. The van der Waals surface area contributed by atoms with Crippen molar-refractivity contribution in [1.29, 1.82) is 0 Å². The predicted molar refractivity (Wildman–Crippen MR) is 174 cm³/mol. The topological polar surface area (TPSA) is 26.3 Å². The Morgan fingerprint density at radius 2 is 1.75 bits per heavy atom. The number of carbonyl (C=O) groups is 1. The number of benzene rings is 1. The van der Waals surface area contributed by atoms with Crippen LogP contribution in [0.1, 0.15) is 93.1 Å². The zero-order chi connectivity index (χ0) is 29.8. The summed E-state index contributed by atoms with van der Waals surface area (Å²) in [5.41, 5.74) is 7.53. The molecule has 0 saturated heterocycles. The highest BCUT2D eigenvalue weighted by molar-refractivity contribution is 5.85. The molecule has 0 amide bonds. The Labute approximate surface area is 244 Å². The summed E-state index contributed by atoms with van der Waals surface area (Å²) in [5.74, 6) is 0.146. The van der Waals surface area contributed by atoms with Crippen LogP contribution in [0.4, 0.5) is 0 Å². The van der Waals surface area contributed by atoms with E-state index < -0.39 is 0 Å². The maximum Gasteiger partial charge on any atom is 0.336 e. The van der Waals surface area contributed by atoms with Gasteiger partial charge in [0, 0.05) is 11.5 Å². The third kappa shape index (κ3) is 11.4. The summed E-state index contributed by atoms with van der Waals surface area (Å²) in [4.78, 5) is 12.4. The van der Waals surface area contributed by atoms with Gasteiger partial charge < -0.3 is 4.74 Å². The van der Waals surface area contributed by atoms with Gasteiger partial charge in [-0.25, -0.2) is 4.79 Å². The number of rotatable bonds is 12. The Balaban J connectivity index is 1.93. The fourth-order valence-electron chi connectivity index (χ4n) is 4.87. The van der Waals surface area contributed by atoms with Crippen molar-refractivity contribution < 1.29 is 9.53 Å². The minimum atomic E-state index is -0.383. The molecule has 0 unspecified atom stereocenters. The molecule has 1 aromatic rings. The van der Waals surface area contributed by atoms with Crippen LogP contribution in [0.3, 0.4) is 0 Å². The van der Waals surface area contributed by atoms with Gasteiger partial charge in [0.05, 0.1) is 0 Å². The van der Waals surface area contributed by atoms with Crippen molar-refractivity contribution in [2.24, 2.45) is 10.8 Å². The first-order valence-corrected chi connectivity index (χ1v) is 14.5. The second kappa shape index (κ2) is 15.4. The van der Waals surface area contributed by atoms with E-state index in [1.54, 1.807) is 0 Å². The third-order valence-electron chi connectivity index (χ3n) is 7.58. The summed E-state index contributed by atoms with van der Waals surface area (Å²) in [6, 6.07) is 7.58. The van der Waals surface area contributed by atoms with Gasteiger partial charge in [-0.3, -0.25) is 0 Å². The minimum absolute atomic E-state index is 0.0696. The van der Waals surface area contributed by atoms with Crippen LogP contribution in [0.15, 0.2) is 113 Å². The summed E-state index contributed by atoms with van der Waals surface area (Å²) in [6.07, 6.45) is 26.3. The Kier molecular flexibility index (Phi) is 12.6. The standard InChI is InChI=1S/C38H50O2/c1-10-38(9,26-12-14-29(2)3)27-24-33-19-21-34(22-20-33)40-36(39)28-31(5)16-11-15-30(4)18-23-35-32(6)17-13-25-37(35,7)8/h10-11,14-16,18-24,27-28H,1,12-13,17,25-26H2,2-9H3/b16-11+,23-18-,27-24+,30-15+,31-28-/t38-/m1/s1. The number of hydrogen-bond acceptors (Lipinski definition) is 2. The maximum atomic E-state index is 12.4. The molecule has 0 bridgehead atoms. The summed E-state index contributed by atoms with van der Waals surface area (Å²) in [7, 11) is 0. The van der Waals surface area contributed by atoms with E-state index in [0.29, 0.717) is 5.75 Å². The van der Waals surface area contributed by atoms with E-state index in [4.69, 9.17) is 4.74 Å². The molecule has 0 heterocycles. The second-order valence-electron chi connectivity index (χ2n) is 12.3. The molecule has 0 saturated carbocycles. The smallest absolute Gasteiger partial charge is 0.336 e. The highest BCUT2D eigenvalue weighted by Crippen LogP contribution is 2.40. The highest BCUT2D eigenvalue weighted by atomic mass is 16.5. The monoisotopic (exact) mass is 538 g/mol.